The van der Waals surface area contributed by atoms with E-state index in [-0.39, 0.29) is 11.8 Å². The molecule has 0 atom stereocenters. The number of benzene rings is 1. The first-order valence-corrected chi connectivity index (χ1v) is 4.29. The van der Waals surface area contributed by atoms with Crippen LogP contribution in [0.5, 0.6) is 0 Å². The maximum Gasteiger partial charge on any atom is 0.221 e. The van der Waals surface area contributed by atoms with Gasteiger partial charge in [0.05, 0.1) is 0 Å². The molecule has 0 bridgehead atoms. The van der Waals surface area contributed by atoms with E-state index in [1.807, 2.05) is 0 Å². The molecule has 1 amide bonds. The van der Waals surface area contributed by atoms with Crippen molar-refractivity contribution in [2.24, 2.45) is 0 Å². The number of rotatable bonds is 2. The van der Waals surface area contributed by atoms with Crippen LogP contribution in [0.3, 0.4) is 0 Å². The number of amides is 1. The van der Waals surface area contributed by atoms with Crippen molar-refractivity contribution < 1.29 is 9.18 Å². The lowest BCUT2D eigenvalue weighted by atomic mass is 10.2. The van der Waals surface area contributed by atoms with E-state index in [0.29, 0.717) is 11.3 Å². The van der Waals surface area contributed by atoms with Crippen LogP contribution in [-0.2, 0) is 10.7 Å². The summed E-state index contributed by atoms with van der Waals surface area (Å²) in [5.74, 6) is -0.384. The minimum Gasteiger partial charge on any atom is -0.326 e. The molecule has 0 saturated heterocycles. The predicted octanol–water partition coefficient (Wildman–Crippen LogP) is 2.52. The molecule has 0 saturated carbocycles. The molecular weight excluding hydrogens is 193 g/mol. The summed E-state index contributed by atoms with van der Waals surface area (Å²) < 4.78 is 12.7. The van der Waals surface area contributed by atoms with Crippen LogP contribution in [-0.4, -0.2) is 5.91 Å². The SMILES string of the molecule is CC(=O)Nc1cc(F)ccc1CCl. The van der Waals surface area contributed by atoms with Crippen LogP contribution >= 0.6 is 11.6 Å². The van der Waals surface area contributed by atoms with Crippen LogP contribution in [0.4, 0.5) is 10.1 Å². The van der Waals surface area contributed by atoms with Crippen molar-refractivity contribution in [2.45, 2.75) is 12.8 Å². The molecule has 1 N–H and O–H groups in total. The molecule has 0 heterocycles. The van der Waals surface area contributed by atoms with Crippen LogP contribution in [0.1, 0.15) is 12.5 Å². The van der Waals surface area contributed by atoms with E-state index in [4.69, 9.17) is 11.6 Å². The summed E-state index contributed by atoms with van der Waals surface area (Å²) >= 11 is 5.59. The number of anilines is 1. The van der Waals surface area contributed by atoms with Gasteiger partial charge in [0, 0.05) is 18.5 Å². The minimum atomic E-state index is -0.391. The largest absolute Gasteiger partial charge is 0.326 e. The summed E-state index contributed by atoms with van der Waals surface area (Å²) in [5, 5.41) is 2.50. The third kappa shape index (κ3) is 2.70. The van der Waals surface area contributed by atoms with Gasteiger partial charge in [-0.15, -0.1) is 11.6 Å². The first-order valence-electron chi connectivity index (χ1n) is 3.75. The van der Waals surface area contributed by atoms with E-state index in [1.165, 1.54) is 19.1 Å². The second-order valence-corrected chi connectivity index (χ2v) is 2.88. The molecule has 0 unspecified atom stereocenters. The highest BCUT2D eigenvalue weighted by Gasteiger charge is 2.03. The minimum absolute atomic E-state index is 0.239. The summed E-state index contributed by atoms with van der Waals surface area (Å²) in [4.78, 5) is 10.7. The Bertz CT molecular complexity index is 327. The highest BCUT2D eigenvalue weighted by molar-refractivity contribution is 6.17. The van der Waals surface area contributed by atoms with Gasteiger partial charge in [0.25, 0.3) is 0 Å². The lowest BCUT2D eigenvalue weighted by Crippen LogP contribution is -2.07. The number of carbonyl (C=O) groups is 1. The molecule has 0 aromatic heterocycles. The zero-order valence-electron chi connectivity index (χ0n) is 7.10. The quantitative estimate of drug-likeness (QED) is 0.732. The van der Waals surface area contributed by atoms with Gasteiger partial charge in [-0.05, 0) is 17.7 Å². The lowest BCUT2D eigenvalue weighted by molar-refractivity contribution is -0.114. The zero-order chi connectivity index (χ0) is 9.84. The number of nitrogens with one attached hydrogen (secondary N) is 1. The molecule has 0 spiro atoms. The molecule has 4 heteroatoms. The highest BCUT2D eigenvalue weighted by atomic mass is 35.5. The first-order chi connectivity index (χ1) is 6.13. The third-order valence-corrected chi connectivity index (χ3v) is 1.81. The van der Waals surface area contributed by atoms with Crippen LogP contribution in [0.25, 0.3) is 0 Å². The van der Waals surface area contributed by atoms with Gasteiger partial charge in [-0.1, -0.05) is 6.07 Å². The van der Waals surface area contributed by atoms with Crippen molar-refractivity contribution in [1.29, 1.82) is 0 Å². The summed E-state index contributed by atoms with van der Waals surface area (Å²) in [6.07, 6.45) is 0. The third-order valence-electron chi connectivity index (χ3n) is 1.53. The number of hydrogen-bond donors (Lipinski definition) is 1. The average Bonchev–Trinajstić information content (AvgIpc) is 2.03. The fourth-order valence-corrected chi connectivity index (χ4v) is 1.20. The molecule has 0 aliphatic carbocycles. The lowest BCUT2D eigenvalue weighted by Gasteiger charge is -2.06. The van der Waals surface area contributed by atoms with E-state index in [9.17, 15) is 9.18 Å². The molecule has 0 fully saturated rings. The summed E-state index contributed by atoms with van der Waals surface area (Å²) in [5.41, 5.74) is 1.14. The number of alkyl halides is 1. The Morgan fingerprint density at radius 2 is 2.31 bits per heavy atom. The molecule has 2 nitrogen and oxygen atoms in total. The van der Waals surface area contributed by atoms with Gasteiger partial charge >= 0.3 is 0 Å². The Labute approximate surface area is 80.7 Å². The topological polar surface area (TPSA) is 29.1 Å². The van der Waals surface area contributed by atoms with Crippen LogP contribution in [0.2, 0.25) is 0 Å². The van der Waals surface area contributed by atoms with E-state index in [2.05, 4.69) is 5.32 Å². The Morgan fingerprint density at radius 3 is 2.85 bits per heavy atom. The fraction of sp³-hybridized carbons (Fsp3) is 0.222. The zero-order valence-corrected chi connectivity index (χ0v) is 7.86. The molecule has 1 rings (SSSR count). The van der Waals surface area contributed by atoms with E-state index >= 15 is 0 Å². The maximum absolute atomic E-state index is 12.7. The number of hydrogen-bond acceptors (Lipinski definition) is 1. The van der Waals surface area contributed by atoms with Crippen molar-refractivity contribution in [3.05, 3.63) is 29.6 Å². The Hall–Kier alpha value is -1.09. The van der Waals surface area contributed by atoms with Gasteiger partial charge in [0.15, 0.2) is 0 Å². The Kier molecular flexibility index (Phi) is 3.25. The number of carbonyl (C=O) groups excluding carboxylic acids is 1. The van der Waals surface area contributed by atoms with Crippen molar-refractivity contribution >= 4 is 23.2 Å². The summed E-state index contributed by atoms with van der Waals surface area (Å²) in [6.45, 7) is 1.36. The van der Waals surface area contributed by atoms with Gasteiger partial charge in [0.1, 0.15) is 5.82 Å². The summed E-state index contributed by atoms with van der Waals surface area (Å²) in [6, 6.07) is 4.11. The van der Waals surface area contributed by atoms with Crippen molar-refractivity contribution in [3.63, 3.8) is 0 Å². The average molecular weight is 202 g/mol. The molecule has 70 valence electrons. The van der Waals surface area contributed by atoms with Gasteiger partial charge in [0.2, 0.25) is 5.91 Å². The predicted molar refractivity (Wildman–Crippen MR) is 50.3 cm³/mol. The van der Waals surface area contributed by atoms with Crippen LogP contribution in [0.15, 0.2) is 18.2 Å². The van der Waals surface area contributed by atoms with Crippen molar-refractivity contribution in [2.75, 3.05) is 5.32 Å². The molecule has 1 aromatic rings. The van der Waals surface area contributed by atoms with E-state index in [1.54, 1.807) is 6.07 Å². The highest BCUT2D eigenvalue weighted by Crippen LogP contribution is 2.18. The second-order valence-electron chi connectivity index (χ2n) is 2.62. The fourth-order valence-electron chi connectivity index (χ4n) is 0.971. The maximum atomic E-state index is 12.7. The molecule has 0 radical (unpaired) electrons. The molecule has 13 heavy (non-hydrogen) atoms. The van der Waals surface area contributed by atoms with Gasteiger partial charge in [-0.25, -0.2) is 4.39 Å². The molecular formula is C9H9ClFNO. The molecule has 1 aromatic carbocycles. The van der Waals surface area contributed by atoms with E-state index in [0.717, 1.165) is 0 Å². The van der Waals surface area contributed by atoms with Gasteiger partial charge in [-0.3, -0.25) is 4.79 Å². The smallest absolute Gasteiger partial charge is 0.221 e. The van der Waals surface area contributed by atoms with Crippen LogP contribution < -0.4 is 5.32 Å². The molecule has 0 aliphatic rings. The Balaban J connectivity index is 3.01. The van der Waals surface area contributed by atoms with Crippen molar-refractivity contribution in [3.8, 4) is 0 Å². The van der Waals surface area contributed by atoms with Crippen molar-refractivity contribution in [1.82, 2.24) is 0 Å². The number of halogens is 2. The summed E-state index contributed by atoms with van der Waals surface area (Å²) in [7, 11) is 0. The van der Waals surface area contributed by atoms with Gasteiger partial charge < -0.3 is 5.32 Å². The van der Waals surface area contributed by atoms with E-state index < -0.39 is 5.82 Å². The van der Waals surface area contributed by atoms with Crippen LogP contribution in [0, 0.1) is 5.82 Å². The second kappa shape index (κ2) is 4.23. The monoisotopic (exact) mass is 201 g/mol. The normalized spacial score (nSPS) is 9.77. The first kappa shape index (κ1) is 9.99. The standard InChI is InChI=1S/C9H9ClFNO/c1-6(13)12-9-4-8(11)3-2-7(9)5-10/h2-4H,5H2,1H3,(H,12,13). The Morgan fingerprint density at radius 1 is 1.62 bits per heavy atom. The molecule has 0 aliphatic heterocycles. The van der Waals surface area contributed by atoms with Gasteiger partial charge in [-0.2, -0.15) is 0 Å².